The third kappa shape index (κ3) is 3.91. The molecule has 0 bridgehead atoms. The van der Waals surface area contributed by atoms with Gasteiger partial charge in [-0.1, -0.05) is 12.1 Å². The summed E-state index contributed by atoms with van der Waals surface area (Å²) < 4.78 is 4.03. The van der Waals surface area contributed by atoms with Crippen LogP contribution in [0.15, 0.2) is 61.4 Å². The fraction of sp³-hybridized carbons (Fsp3) is 0.292. The van der Waals surface area contributed by atoms with Gasteiger partial charge in [0.05, 0.1) is 17.7 Å². The molecule has 0 radical (unpaired) electrons. The molecule has 2 aliphatic rings. The molecule has 6 rings (SSSR count). The van der Waals surface area contributed by atoms with E-state index in [9.17, 15) is 4.79 Å². The number of rotatable bonds is 7. The monoisotopic (exact) mass is 425 g/mol. The van der Waals surface area contributed by atoms with Crippen molar-refractivity contribution in [2.75, 3.05) is 5.32 Å². The van der Waals surface area contributed by atoms with Crippen LogP contribution >= 0.6 is 0 Å². The maximum absolute atomic E-state index is 12.9. The lowest BCUT2D eigenvalue weighted by Crippen LogP contribution is -2.14. The first-order chi connectivity index (χ1) is 15.7. The summed E-state index contributed by atoms with van der Waals surface area (Å²) in [5, 5.41) is 11.3. The number of carbonyl (C=O) groups is 1. The van der Waals surface area contributed by atoms with Gasteiger partial charge in [0, 0.05) is 36.1 Å². The van der Waals surface area contributed by atoms with Gasteiger partial charge in [-0.2, -0.15) is 0 Å². The number of hydrogen-bond donors (Lipinski definition) is 1. The van der Waals surface area contributed by atoms with Crippen LogP contribution < -0.4 is 5.32 Å². The van der Waals surface area contributed by atoms with Crippen molar-refractivity contribution in [1.29, 1.82) is 0 Å². The van der Waals surface area contributed by atoms with Gasteiger partial charge in [-0.25, -0.2) is 4.98 Å². The minimum absolute atomic E-state index is 0.258. The molecule has 2 saturated carbocycles. The topological polar surface area (TPSA) is 90.5 Å². The van der Waals surface area contributed by atoms with Gasteiger partial charge in [0.15, 0.2) is 5.82 Å². The largest absolute Gasteiger partial charge is 0.321 e. The van der Waals surface area contributed by atoms with Crippen LogP contribution in [0.5, 0.6) is 0 Å². The molecule has 0 unspecified atom stereocenters. The second-order valence-electron chi connectivity index (χ2n) is 8.66. The summed E-state index contributed by atoms with van der Waals surface area (Å²) in [7, 11) is 0. The highest BCUT2D eigenvalue weighted by Gasteiger charge is 2.26. The maximum atomic E-state index is 12.9. The molecule has 1 amide bonds. The molecule has 1 aromatic carbocycles. The summed E-state index contributed by atoms with van der Waals surface area (Å²) in [6, 6.07) is 11.3. The minimum atomic E-state index is -0.258. The van der Waals surface area contributed by atoms with Gasteiger partial charge < -0.3 is 14.5 Å². The highest BCUT2D eigenvalue weighted by molar-refractivity contribution is 6.03. The quantitative estimate of drug-likeness (QED) is 0.482. The molecule has 4 aromatic rings. The Labute approximate surface area is 185 Å². The fourth-order valence-electron chi connectivity index (χ4n) is 3.90. The Balaban J connectivity index is 1.20. The number of hydrogen-bond acceptors (Lipinski definition) is 5. The number of amides is 1. The zero-order valence-corrected chi connectivity index (χ0v) is 17.6. The highest BCUT2D eigenvalue weighted by Crippen LogP contribution is 2.39. The predicted molar refractivity (Wildman–Crippen MR) is 119 cm³/mol. The van der Waals surface area contributed by atoms with Gasteiger partial charge in [0.1, 0.15) is 12.0 Å². The summed E-state index contributed by atoms with van der Waals surface area (Å²) in [5.41, 5.74) is 3.95. The van der Waals surface area contributed by atoms with Crippen molar-refractivity contribution in [3.05, 3.63) is 72.8 Å². The van der Waals surface area contributed by atoms with E-state index in [1.807, 2.05) is 41.1 Å². The van der Waals surface area contributed by atoms with E-state index < -0.39 is 0 Å². The number of benzene rings is 1. The SMILES string of the molecule is O=C(Nc1cccc(-c2nncn2CC2CC2)c1)c1cc(-n2cnc(C3CC3)c2)ccn1. The molecule has 3 heterocycles. The summed E-state index contributed by atoms with van der Waals surface area (Å²) in [6.45, 7) is 0.937. The van der Waals surface area contributed by atoms with Crippen LogP contribution in [0.4, 0.5) is 5.69 Å². The van der Waals surface area contributed by atoms with E-state index >= 15 is 0 Å². The maximum Gasteiger partial charge on any atom is 0.274 e. The standard InChI is InChI=1S/C24H23N7O/c32-24(21-11-20(8-9-25-21)30-13-22(26-14-30)17-6-7-17)28-19-3-1-2-18(10-19)23-29-27-15-31(23)12-16-4-5-16/h1-3,8-11,13-17H,4-7,12H2,(H,28,32). The number of anilines is 1. The van der Waals surface area contributed by atoms with Crippen molar-refractivity contribution >= 4 is 11.6 Å². The van der Waals surface area contributed by atoms with Crippen molar-refractivity contribution in [3.63, 3.8) is 0 Å². The zero-order chi connectivity index (χ0) is 21.5. The molecule has 2 fully saturated rings. The van der Waals surface area contributed by atoms with Crippen LogP contribution in [-0.4, -0.2) is 35.2 Å². The molecule has 2 aliphatic carbocycles. The van der Waals surface area contributed by atoms with Gasteiger partial charge in [-0.15, -0.1) is 10.2 Å². The lowest BCUT2D eigenvalue weighted by Gasteiger charge is -2.09. The highest BCUT2D eigenvalue weighted by atomic mass is 16.1. The molecule has 8 heteroatoms. The van der Waals surface area contributed by atoms with E-state index in [2.05, 4.69) is 30.0 Å². The van der Waals surface area contributed by atoms with Crippen LogP contribution in [-0.2, 0) is 6.54 Å². The third-order valence-electron chi connectivity index (χ3n) is 6.02. The second kappa shape index (κ2) is 7.71. The number of nitrogens with zero attached hydrogens (tertiary/aromatic N) is 6. The van der Waals surface area contributed by atoms with Gasteiger partial charge in [0.25, 0.3) is 5.91 Å². The normalized spacial score (nSPS) is 15.6. The number of aromatic nitrogens is 6. The Morgan fingerprint density at radius 1 is 1.06 bits per heavy atom. The first kappa shape index (κ1) is 18.9. The van der Waals surface area contributed by atoms with Crippen LogP contribution in [0.2, 0.25) is 0 Å². The molecule has 0 saturated heterocycles. The Kier molecular flexibility index (Phi) is 4.56. The molecule has 1 N–H and O–H groups in total. The average Bonchev–Trinajstić information content (AvgIpc) is 3.73. The average molecular weight is 425 g/mol. The second-order valence-corrected chi connectivity index (χ2v) is 8.66. The smallest absolute Gasteiger partial charge is 0.274 e. The van der Waals surface area contributed by atoms with Gasteiger partial charge in [-0.05, 0) is 55.9 Å². The molecule has 32 heavy (non-hydrogen) atoms. The van der Waals surface area contributed by atoms with Gasteiger partial charge in [-0.3, -0.25) is 9.78 Å². The van der Waals surface area contributed by atoms with E-state index in [0.29, 0.717) is 17.3 Å². The predicted octanol–water partition coefficient (Wildman–Crippen LogP) is 4.07. The first-order valence-corrected chi connectivity index (χ1v) is 11.0. The lowest BCUT2D eigenvalue weighted by molar-refractivity contribution is 0.102. The van der Waals surface area contributed by atoms with Crippen molar-refractivity contribution in [3.8, 4) is 17.1 Å². The Bertz CT molecular complexity index is 1280. The van der Waals surface area contributed by atoms with Crippen LogP contribution in [0.3, 0.4) is 0 Å². The number of imidazole rings is 1. The van der Waals surface area contributed by atoms with Crippen molar-refractivity contribution in [1.82, 2.24) is 29.3 Å². The molecule has 8 nitrogen and oxygen atoms in total. The molecule has 3 aromatic heterocycles. The van der Waals surface area contributed by atoms with Crippen molar-refractivity contribution in [2.24, 2.45) is 5.92 Å². The lowest BCUT2D eigenvalue weighted by atomic mass is 10.1. The van der Waals surface area contributed by atoms with Crippen LogP contribution in [0.25, 0.3) is 17.1 Å². The molecule has 0 aliphatic heterocycles. The van der Waals surface area contributed by atoms with E-state index in [4.69, 9.17) is 0 Å². The Morgan fingerprint density at radius 3 is 2.81 bits per heavy atom. The molecule has 160 valence electrons. The van der Waals surface area contributed by atoms with Crippen LogP contribution in [0, 0.1) is 5.92 Å². The summed E-state index contributed by atoms with van der Waals surface area (Å²) in [5.74, 6) is 1.87. The molecular formula is C24H23N7O. The van der Waals surface area contributed by atoms with Crippen molar-refractivity contribution in [2.45, 2.75) is 38.1 Å². The van der Waals surface area contributed by atoms with E-state index in [-0.39, 0.29) is 5.91 Å². The minimum Gasteiger partial charge on any atom is -0.321 e. The van der Waals surface area contributed by atoms with E-state index in [1.165, 1.54) is 25.7 Å². The molecule has 0 atom stereocenters. The number of pyridine rings is 1. The van der Waals surface area contributed by atoms with Crippen LogP contribution in [0.1, 0.15) is 47.8 Å². The molecule has 0 spiro atoms. The van der Waals surface area contributed by atoms with E-state index in [1.54, 1.807) is 24.9 Å². The summed E-state index contributed by atoms with van der Waals surface area (Å²) in [4.78, 5) is 21.7. The molecular weight excluding hydrogens is 402 g/mol. The zero-order valence-electron chi connectivity index (χ0n) is 17.6. The van der Waals surface area contributed by atoms with Gasteiger partial charge in [0.2, 0.25) is 0 Å². The van der Waals surface area contributed by atoms with Crippen molar-refractivity contribution < 1.29 is 4.79 Å². The Hall–Kier alpha value is -3.81. The van der Waals surface area contributed by atoms with Gasteiger partial charge >= 0.3 is 0 Å². The third-order valence-corrected chi connectivity index (χ3v) is 6.02. The first-order valence-electron chi connectivity index (χ1n) is 11.0. The Morgan fingerprint density at radius 2 is 1.97 bits per heavy atom. The van der Waals surface area contributed by atoms with E-state index in [0.717, 1.165) is 35.2 Å². The number of nitrogens with one attached hydrogen (secondary N) is 1. The summed E-state index contributed by atoms with van der Waals surface area (Å²) >= 11 is 0. The summed E-state index contributed by atoms with van der Waals surface area (Å²) in [6.07, 6.45) is 12.2. The fourth-order valence-corrected chi connectivity index (χ4v) is 3.90. The number of carbonyl (C=O) groups excluding carboxylic acids is 1.